The van der Waals surface area contributed by atoms with E-state index in [1.165, 1.54) is 12.8 Å². The Kier molecular flexibility index (Phi) is 0.842. The summed E-state index contributed by atoms with van der Waals surface area (Å²) in [6.07, 6.45) is 4.54. The van der Waals surface area contributed by atoms with Crippen molar-refractivity contribution in [3.63, 3.8) is 0 Å². The highest BCUT2D eigenvalue weighted by molar-refractivity contribution is 5.87. The van der Waals surface area contributed by atoms with Crippen molar-refractivity contribution in [1.29, 1.82) is 0 Å². The normalized spacial score (nSPS) is 48.6. The van der Waals surface area contributed by atoms with Gasteiger partial charge >= 0.3 is 0 Å². The molecule has 0 radical (unpaired) electrons. The van der Waals surface area contributed by atoms with Gasteiger partial charge in [-0.15, -0.1) is 0 Å². The second kappa shape index (κ2) is 1.39. The van der Waals surface area contributed by atoms with Gasteiger partial charge in [-0.1, -0.05) is 6.92 Å². The molecular formula is C8H12O. The van der Waals surface area contributed by atoms with Crippen LogP contribution in [-0.4, -0.2) is 5.78 Å². The summed E-state index contributed by atoms with van der Waals surface area (Å²) in [7, 11) is 0. The summed E-state index contributed by atoms with van der Waals surface area (Å²) in [5.74, 6) is 1.29. The van der Waals surface area contributed by atoms with Gasteiger partial charge in [-0.2, -0.15) is 0 Å². The van der Waals surface area contributed by atoms with Crippen LogP contribution in [0.4, 0.5) is 0 Å². The quantitative estimate of drug-likeness (QED) is 0.481. The minimum absolute atomic E-state index is 0.130. The summed E-state index contributed by atoms with van der Waals surface area (Å²) in [6.45, 7) is 2.13. The second-order valence-corrected chi connectivity index (χ2v) is 3.80. The van der Waals surface area contributed by atoms with Gasteiger partial charge in [0.2, 0.25) is 0 Å². The predicted octanol–water partition coefficient (Wildman–Crippen LogP) is 1.77. The summed E-state index contributed by atoms with van der Waals surface area (Å²) in [4.78, 5) is 11.2. The third kappa shape index (κ3) is 0.577. The third-order valence-electron chi connectivity index (χ3n) is 2.99. The Morgan fingerprint density at radius 3 is 2.67 bits per heavy atom. The Morgan fingerprint density at radius 2 is 2.44 bits per heavy atom. The van der Waals surface area contributed by atoms with E-state index >= 15 is 0 Å². The van der Waals surface area contributed by atoms with Gasteiger partial charge in [0.1, 0.15) is 5.78 Å². The monoisotopic (exact) mass is 124 g/mol. The molecule has 0 amide bonds. The van der Waals surface area contributed by atoms with Crippen LogP contribution >= 0.6 is 0 Å². The molecule has 2 aliphatic carbocycles. The maximum absolute atomic E-state index is 11.2. The van der Waals surface area contributed by atoms with E-state index in [0.717, 1.165) is 18.8 Å². The molecule has 1 unspecified atom stereocenters. The maximum Gasteiger partial charge on any atom is 0.139 e. The van der Waals surface area contributed by atoms with Crippen molar-refractivity contribution in [2.75, 3.05) is 0 Å². The van der Waals surface area contributed by atoms with E-state index in [1.807, 2.05) is 0 Å². The minimum Gasteiger partial charge on any atom is -0.299 e. The average molecular weight is 124 g/mol. The Labute approximate surface area is 55.4 Å². The van der Waals surface area contributed by atoms with Gasteiger partial charge < -0.3 is 0 Å². The first-order valence-electron chi connectivity index (χ1n) is 3.74. The minimum atomic E-state index is 0.130. The molecule has 0 spiro atoms. The van der Waals surface area contributed by atoms with E-state index in [4.69, 9.17) is 0 Å². The largest absolute Gasteiger partial charge is 0.299 e. The maximum atomic E-state index is 11.2. The summed E-state index contributed by atoms with van der Waals surface area (Å²) >= 11 is 0. The fraction of sp³-hybridized carbons (Fsp3) is 0.875. The molecule has 2 bridgehead atoms. The van der Waals surface area contributed by atoms with Crippen LogP contribution < -0.4 is 0 Å². The molecule has 0 aromatic heterocycles. The van der Waals surface area contributed by atoms with Crippen LogP contribution in [0.15, 0.2) is 0 Å². The van der Waals surface area contributed by atoms with Crippen molar-refractivity contribution in [3.05, 3.63) is 0 Å². The van der Waals surface area contributed by atoms with Crippen LogP contribution in [0.3, 0.4) is 0 Å². The number of rotatable bonds is 0. The summed E-state index contributed by atoms with van der Waals surface area (Å²) in [6, 6.07) is 0. The molecule has 1 heteroatoms. The lowest BCUT2D eigenvalue weighted by molar-refractivity contribution is -0.126. The van der Waals surface area contributed by atoms with Crippen molar-refractivity contribution in [1.82, 2.24) is 0 Å². The number of hydrogen-bond acceptors (Lipinski definition) is 1. The molecule has 2 saturated carbocycles. The van der Waals surface area contributed by atoms with Crippen molar-refractivity contribution in [3.8, 4) is 0 Å². The highest BCUT2D eigenvalue weighted by Crippen LogP contribution is 2.50. The molecule has 2 rings (SSSR count). The molecule has 1 nitrogen and oxygen atoms in total. The molecule has 0 saturated heterocycles. The Bertz CT molecular complexity index is 162. The number of carbonyl (C=O) groups excluding carboxylic acids is 1. The van der Waals surface area contributed by atoms with Gasteiger partial charge in [-0.05, 0) is 25.2 Å². The zero-order chi connectivity index (χ0) is 6.48. The molecule has 0 aromatic carbocycles. The molecule has 2 atom stereocenters. The first kappa shape index (κ1) is 5.45. The molecule has 2 fully saturated rings. The molecule has 9 heavy (non-hydrogen) atoms. The van der Waals surface area contributed by atoms with Crippen molar-refractivity contribution < 1.29 is 4.79 Å². The Morgan fingerprint density at radius 1 is 1.67 bits per heavy atom. The number of ketones is 1. The van der Waals surface area contributed by atoms with Crippen LogP contribution in [0.25, 0.3) is 0 Å². The van der Waals surface area contributed by atoms with E-state index in [1.54, 1.807) is 0 Å². The molecule has 0 aromatic rings. The van der Waals surface area contributed by atoms with E-state index in [0.29, 0.717) is 5.78 Å². The lowest BCUT2D eigenvalue weighted by Gasteiger charge is -2.17. The van der Waals surface area contributed by atoms with E-state index < -0.39 is 0 Å². The van der Waals surface area contributed by atoms with Crippen molar-refractivity contribution >= 4 is 5.78 Å². The number of carbonyl (C=O) groups is 1. The summed E-state index contributed by atoms with van der Waals surface area (Å²) in [5.41, 5.74) is 0.130. The number of Topliss-reactive ketones (excluding diaryl/α,β-unsaturated/α-hetero) is 1. The predicted molar refractivity (Wildman–Crippen MR) is 35.1 cm³/mol. The average Bonchev–Trinajstić information content (AvgIpc) is 2.22. The molecule has 2 aliphatic rings. The molecule has 0 heterocycles. The van der Waals surface area contributed by atoms with E-state index in [-0.39, 0.29) is 5.41 Å². The van der Waals surface area contributed by atoms with Crippen LogP contribution in [0.2, 0.25) is 0 Å². The summed E-state index contributed by atoms with van der Waals surface area (Å²) < 4.78 is 0. The van der Waals surface area contributed by atoms with Gasteiger partial charge in [0.15, 0.2) is 0 Å². The van der Waals surface area contributed by atoms with Crippen LogP contribution in [-0.2, 0) is 4.79 Å². The first-order valence-corrected chi connectivity index (χ1v) is 3.74. The third-order valence-corrected chi connectivity index (χ3v) is 2.99. The topological polar surface area (TPSA) is 17.1 Å². The van der Waals surface area contributed by atoms with Gasteiger partial charge in [-0.3, -0.25) is 4.79 Å². The highest BCUT2D eigenvalue weighted by Gasteiger charge is 2.47. The van der Waals surface area contributed by atoms with Crippen LogP contribution in [0.1, 0.15) is 32.6 Å². The van der Waals surface area contributed by atoms with Crippen molar-refractivity contribution in [2.24, 2.45) is 11.3 Å². The molecular weight excluding hydrogens is 112 g/mol. The number of hydrogen-bond donors (Lipinski definition) is 0. The highest BCUT2D eigenvalue weighted by atomic mass is 16.1. The van der Waals surface area contributed by atoms with E-state index in [2.05, 4.69) is 6.92 Å². The summed E-state index contributed by atoms with van der Waals surface area (Å²) in [5, 5.41) is 0. The van der Waals surface area contributed by atoms with Crippen molar-refractivity contribution in [2.45, 2.75) is 32.6 Å². The standard InChI is InChI=1S/C8H12O/c1-8-3-2-6(5-8)4-7(8)9/h6H,2-5H2,1H3/t6?,8-/m0/s1. The molecule has 0 aliphatic heterocycles. The Hall–Kier alpha value is -0.330. The van der Waals surface area contributed by atoms with Gasteiger partial charge in [0.05, 0.1) is 0 Å². The van der Waals surface area contributed by atoms with Gasteiger partial charge in [0, 0.05) is 11.8 Å². The lowest BCUT2D eigenvalue weighted by Crippen LogP contribution is -2.20. The zero-order valence-corrected chi connectivity index (χ0v) is 5.81. The number of fused-ring (bicyclic) bond motifs is 2. The fourth-order valence-electron chi connectivity index (χ4n) is 2.30. The Balaban J connectivity index is 2.32. The fourth-order valence-corrected chi connectivity index (χ4v) is 2.30. The van der Waals surface area contributed by atoms with Crippen LogP contribution in [0.5, 0.6) is 0 Å². The second-order valence-electron chi connectivity index (χ2n) is 3.80. The van der Waals surface area contributed by atoms with Crippen LogP contribution in [0, 0.1) is 11.3 Å². The van der Waals surface area contributed by atoms with Gasteiger partial charge in [0.25, 0.3) is 0 Å². The lowest BCUT2D eigenvalue weighted by atomic mass is 9.86. The zero-order valence-electron chi connectivity index (χ0n) is 5.81. The molecule has 50 valence electrons. The van der Waals surface area contributed by atoms with E-state index in [9.17, 15) is 4.79 Å². The van der Waals surface area contributed by atoms with Gasteiger partial charge in [-0.25, -0.2) is 0 Å². The SMILES string of the molecule is C[C@@]12CCC(CC1=O)C2. The first-order chi connectivity index (χ1) is 4.21. The molecule has 0 N–H and O–H groups in total. The smallest absolute Gasteiger partial charge is 0.139 e.